The second-order valence-electron chi connectivity index (χ2n) is 5.31. The van der Waals surface area contributed by atoms with Crippen LogP contribution in [0, 0.1) is 15.9 Å². The third-order valence-electron chi connectivity index (χ3n) is 3.56. The Hall–Kier alpha value is -3.29. The zero-order valence-corrected chi connectivity index (χ0v) is 13.9. The highest BCUT2D eigenvalue weighted by molar-refractivity contribution is 5.96. The number of carbonyl (C=O) groups excluding carboxylic acids is 2. The van der Waals surface area contributed by atoms with Gasteiger partial charge in [0.15, 0.2) is 5.78 Å². The first-order valence-electron chi connectivity index (χ1n) is 7.70. The Balaban J connectivity index is 1.90. The fraction of sp³-hybridized carbons (Fsp3) is 0.222. The van der Waals surface area contributed by atoms with Crippen molar-refractivity contribution in [3.63, 3.8) is 0 Å². The summed E-state index contributed by atoms with van der Waals surface area (Å²) in [5.74, 6) is -1.25. The molecule has 2 rings (SSSR count). The highest BCUT2D eigenvalue weighted by atomic mass is 19.1. The first kappa shape index (κ1) is 19.0. The molecule has 0 amide bonds. The van der Waals surface area contributed by atoms with Gasteiger partial charge < -0.3 is 9.47 Å². The maximum absolute atomic E-state index is 12.8. The van der Waals surface area contributed by atoms with Gasteiger partial charge in [-0.1, -0.05) is 0 Å². The quantitative estimate of drug-likeness (QED) is 0.234. The van der Waals surface area contributed by atoms with Crippen molar-refractivity contribution in [1.82, 2.24) is 0 Å². The number of hydrogen-bond acceptors (Lipinski definition) is 6. The van der Waals surface area contributed by atoms with Gasteiger partial charge in [-0.3, -0.25) is 14.9 Å². The molecule has 136 valence electrons. The molecule has 0 aliphatic carbocycles. The smallest absolute Gasteiger partial charge is 0.342 e. The third kappa shape index (κ3) is 4.85. The number of rotatable bonds is 8. The molecule has 0 fully saturated rings. The predicted molar refractivity (Wildman–Crippen MR) is 89.9 cm³/mol. The highest BCUT2D eigenvalue weighted by Gasteiger charge is 2.18. The lowest BCUT2D eigenvalue weighted by Gasteiger charge is -2.08. The molecule has 0 N–H and O–H groups in total. The van der Waals surface area contributed by atoms with Crippen LogP contribution >= 0.6 is 0 Å². The van der Waals surface area contributed by atoms with Crippen LogP contribution in [0.5, 0.6) is 5.75 Å². The van der Waals surface area contributed by atoms with Crippen LogP contribution in [0.2, 0.25) is 0 Å². The fourth-order valence-electron chi connectivity index (χ4n) is 2.22. The second kappa shape index (κ2) is 8.70. The van der Waals surface area contributed by atoms with E-state index in [1.165, 1.54) is 43.5 Å². The van der Waals surface area contributed by atoms with E-state index in [9.17, 15) is 24.1 Å². The van der Waals surface area contributed by atoms with E-state index in [4.69, 9.17) is 9.47 Å². The lowest BCUT2D eigenvalue weighted by molar-refractivity contribution is -0.384. The topological polar surface area (TPSA) is 95.7 Å². The number of carbonyl (C=O) groups is 2. The zero-order valence-electron chi connectivity index (χ0n) is 13.9. The van der Waals surface area contributed by atoms with Crippen LogP contribution in [0.25, 0.3) is 0 Å². The molecule has 0 bridgehead atoms. The van der Waals surface area contributed by atoms with Crippen LogP contribution in [0.4, 0.5) is 10.1 Å². The van der Waals surface area contributed by atoms with Crippen LogP contribution in [-0.4, -0.2) is 30.4 Å². The summed E-state index contributed by atoms with van der Waals surface area (Å²) in [5.41, 5.74) is 0.0499. The standard InChI is InChI=1S/C18H16FNO6/c1-25-17-9-8-14(20(23)24)11-15(17)18(22)26-10-2-3-16(21)12-4-6-13(19)7-5-12/h4-9,11H,2-3,10H2,1H3. The van der Waals surface area contributed by atoms with Crippen LogP contribution < -0.4 is 4.74 Å². The summed E-state index contributed by atoms with van der Waals surface area (Å²) in [5, 5.41) is 10.8. The van der Waals surface area contributed by atoms with Gasteiger partial charge in [0, 0.05) is 24.1 Å². The van der Waals surface area contributed by atoms with Crippen LogP contribution in [-0.2, 0) is 4.74 Å². The van der Waals surface area contributed by atoms with E-state index < -0.39 is 16.7 Å². The van der Waals surface area contributed by atoms with Gasteiger partial charge in [0.1, 0.15) is 17.1 Å². The van der Waals surface area contributed by atoms with Crippen molar-refractivity contribution >= 4 is 17.4 Å². The molecule has 0 saturated carbocycles. The average Bonchev–Trinajstić information content (AvgIpc) is 2.64. The first-order valence-corrected chi connectivity index (χ1v) is 7.70. The number of ketones is 1. The maximum atomic E-state index is 12.8. The van der Waals surface area contributed by atoms with Gasteiger partial charge in [-0.05, 0) is 36.8 Å². The Morgan fingerprint density at radius 1 is 1.15 bits per heavy atom. The molecule has 0 atom stereocenters. The van der Waals surface area contributed by atoms with Crippen molar-refractivity contribution in [2.75, 3.05) is 13.7 Å². The maximum Gasteiger partial charge on any atom is 0.342 e. The molecule has 0 radical (unpaired) electrons. The van der Waals surface area contributed by atoms with Crippen molar-refractivity contribution in [3.05, 3.63) is 69.5 Å². The van der Waals surface area contributed by atoms with E-state index in [1.807, 2.05) is 0 Å². The number of nitrogens with zero attached hydrogens (tertiary/aromatic N) is 1. The molecule has 0 heterocycles. The van der Waals surface area contributed by atoms with Crippen molar-refractivity contribution < 1.29 is 28.4 Å². The summed E-state index contributed by atoms with van der Waals surface area (Å²) in [6.45, 7) is -0.0440. The Kier molecular flexibility index (Phi) is 6.37. The Morgan fingerprint density at radius 2 is 1.85 bits per heavy atom. The van der Waals surface area contributed by atoms with E-state index in [0.717, 1.165) is 6.07 Å². The van der Waals surface area contributed by atoms with Crippen LogP contribution in [0.1, 0.15) is 33.6 Å². The summed E-state index contributed by atoms with van der Waals surface area (Å²) >= 11 is 0. The first-order chi connectivity index (χ1) is 12.4. The molecule has 0 saturated heterocycles. The van der Waals surface area contributed by atoms with Crippen LogP contribution in [0.15, 0.2) is 42.5 Å². The number of methoxy groups -OCH3 is 1. The summed E-state index contributed by atoms with van der Waals surface area (Å²) < 4.78 is 22.9. The molecule has 8 heteroatoms. The number of non-ortho nitro benzene ring substituents is 1. The normalized spacial score (nSPS) is 10.2. The molecule has 26 heavy (non-hydrogen) atoms. The summed E-state index contributed by atoms with van der Waals surface area (Å²) in [7, 11) is 1.33. The van der Waals surface area contributed by atoms with Crippen LogP contribution in [0.3, 0.4) is 0 Å². The number of ether oxygens (including phenoxy) is 2. The van der Waals surface area contributed by atoms with E-state index in [2.05, 4.69) is 0 Å². The fourth-order valence-corrected chi connectivity index (χ4v) is 2.22. The predicted octanol–water partition coefficient (Wildman–Crippen LogP) is 3.56. The number of esters is 1. The van der Waals surface area contributed by atoms with E-state index in [0.29, 0.717) is 5.56 Å². The lowest BCUT2D eigenvalue weighted by atomic mass is 10.1. The van der Waals surface area contributed by atoms with Crippen molar-refractivity contribution in [2.45, 2.75) is 12.8 Å². The minimum absolute atomic E-state index is 0.0440. The number of halogens is 1. The molecule has 0 aliphatic rings. The van der Waals surface area contributed by atoms with Gasteiger partial charge >= 0.3 is 5.97 Å². The average molecular weight is 361 g/mol. The third-order valence-corrected chi connectivity index (χ3v) is 3.56. The summed E-state index contributed by atoms with van der Waals surface area (Å²) in [6.07, 6.45) is 0.379. The van der Waals surface area contributed by atoms with Gasteiger partial charge in [-0.25, -0.2) is 9.18 Å². The Morgan fingerprint density at radius 3 is 2.46 bits per heavy atom. The van der Waals surface area contributed by atoms with Gasteiger partial charge in [0.25, 0.3) is 5.69 Å². The van der Waals surface area contributed by atoms with E-state index in [1.54, 1.807) is 0 Å². The molecular weight excluding hydrogens is 345 g/mol. The van der Waals surface area contributed by atoms with Gasteiger partial charge in [0.05, 0.1) is 18.6 Å². The largest absolute Gasteiger partial charge is 0.496 e. The molecule has 7 nitrogen and oxygen atoms in total. The number of Topliss-reactive ketones (excluding diaryl/α,β-unsaturated/α-hetero) is 1. The van der Waals surface area contributed by atoms with Crippen molar-refractivity contribution in [3.8, 4) is 5.75 Å². The highest BCUT2D eigenvalue weighted by Crippen LogP contribution is 2.24. The molecule has 2 aromatic rings. The molecule has 0 unspecified atom stereocenters. The summed E-state index contributed by atoms with van der Waals surface area (Å²) in [6, 6.07) is 8.77. The molecule has 2 aromatic carbocycles. The van der Waals surface area contributed by atoms with Crippen molar-refractivity contribution in [2.24, 2.45) is 0 Å². The van der Waals surface area contributed by atoms with E-state index in [-0.39, 0.29) is 42.2 Å². The van der Waals surface area contributed by atoms with E-state index >= 15 is 0 Å². The second-order valence-corrected chi connectivity index (χ2v) is 5.31. The Bertz CT molecular complexity index is 819. The van der Waals surface area contributed by atoms with Gasteiger partial charge in [-0.15, -0.1) is 0 Å². The molecular formula is C18H16FNO6. The van der Waals surface area contributed by atoms with Crippen molar-refractivity contribution in [1.29, 1.82) is 0 Å². The SMILES string of the molecule is COc1ccc([N+](=O)[O-])cc1C(=O)OCCCC(=O)c1ccc(F)cc1. The van der Waals surface area contributed by atoms with Gasteiger partial charge in [0.2, 0.25) is 0 Å². The summed E-state index contributed by atoms with van der Waals surface area (Å²) in [4.78, 5) is 34.2. The number of hydrogen-bond donors (Lipinski definition) is 0. The zero-order chi connectivity index (χ0) is 19.1. The molecule has 0 aromatic heterocycles. The minimum atomic E-state index is -0.778. The molecule has 0 spiro atoms. The number of benzene rings is 2. The number of nitro groups is 1. The minimum Gasteiger partial charge on any atom is -0.496 e. The lowest BCUT2D eigenvalue weighted by Crippen LogP contribution is -2.10. The number of nitro benzene ring substituents is 1. The monoisotopic (exact) mass is 361 g/mol. The van der Waals surface area contributed by atoms with Gasteiger partial charge in [-0.2, -0.15) is 0 Å². The Labute approximate surface area is 148 Å². The molecule has 0 aliphatic heterocycles.